The number of carbonyl (C=O) groups excluding carboxylic acids is 4. The fourth-order valence-corrected chi connectivity index (χ4v) is 5.23. The van der Waals surface area contributed by atoms with Gasteiger partial charge in [0.15, 0.2) is 0 Å². The van der Waals surface area contributed by atoms with Gasteiger partial charge in [-0.2, -0.15) is 0 Å². The van der Waals surface area contributed by atoms with Gasteiger partial charge in [0.05, 0.1) is 11.5 Å². The second kappa shape index (κ2) is 12.2. The van der Waals surface area contributed by atoms with Crippen LogP contribution in [-0.4, -0.2) is 103 Å². The Morgan fingerprint density at radius 3 is 2.51 bits per heavy atom. The van der Waals surface area contributed by atoms with E-state index in [1.165, 1.54) is 18.2 Å². The summed E-state index contributed by atoms with van der Waals surface area (Å²) in [7, 11) is -6.12. The number of alkyl halides is 1. The standard InChI is InChI=1S/C24H25BFN5O11S/c26-6-7-30-8-9-31(22(35)21(30)34)24(38)29-18(12-4-5-16(15(32)10-12)43(27,40)41)20(33)28-17-11-13-2-1-3-14(23(36)37)19(13)42-25(17)39/h1-5,10,17-18,32,39H,6-9,11H2,(H,28,33)(H,29,38)(H,36,37)(H2,27,40,41)/t17-,18?/m0/s1. The molecule has 0 bridgehead atoms. The molecule has 1 fully saturated rings. The number of primary sulfonamides is 1. The van der Waals surface area contributed by atoms with Crippen LogP contribution in [0, 0.1) is 0 Å². The summed E-state index contributed by atoms with van der Waals surface area (Å²) < 4.78 is 41.6. The van der Waals surface area contributed by atoms with Crippen LogP contribution in [0.15, 0.2) is 41.3 Å². The number of phenolic OH excluding ortho intramolecular Hbond substituents is 1. The molecule has 4 rings (SSSR count). The molecule has 2 aromatic rings. The number of carboxylic acid groups (broad SMARTS) is 1. The molecular formula is C24H25BFN5O11S. The summed E-state index contributed by atoms with van der Waals surface area (Å²) in [6, 6.07) is 4.01. The molecule has 0 spiro atoms. The average Bonchev–Trinajstić information content (AvgIpc) is 2.93. The molecule has 19 heteroatoms. The van der Waals surface area contributed by atoms with E-state index >= 15 is 0 Å². The zero-order valence-electron chi connectivity index (χ0n) is 22.1. The summed E-state index contributed by atoms with van der Waals surface area (Å²) in [5, 5.41) is 40.0. The molecule has 16 nitrogen and oxygen atoms in total. The Labute approximate surface area is 243 Å². The van der Waals surface area contributed by atoms with Crippen LogP contribution in [0.25, 0.3) is 0 Å². The summed E-state index contributed by atoms with van der Waals surface area (Å²) in [4.78, 5) is 63.7. The molecule has 2 atom stereocenters. The van der Waals surface area contributed by atoms with E-state index in [4.69, 9.17) is 9.79 Å². The van der Waals surface area contributed by atoms with Crippen molar-refractivity contribution in [3.8, 4) is 11.5 Å². The lowest BCUT2D eigenvalue weighted by Gasteiger charge is -2.33. The van der Waals surface area contributed by atoms with E-state index in [1.807, 2.05) is 0 Å². The van der Waals surface area contributed by atoms with Crippen LogP contribution in [0.3, 0.4) is 0 Å². The number of rotatable bonds is 8. The van der Waals surface area contributed by atoms with Crippen molar-refractivity contribution < 1.29 is 56.7 Å². The number of sulfonamides is 1. The first-order valence-electron chi connectivity index (χ1n) is 12.6. The minimum Gasteiger partial charge on any atom is -0.534 e. The maximum atomic E-state index is 13.5. The number of imide groups is 1. The number of fused-ring (bicyclic) bond motifs is 1. The molecule has 2 aromatic carbocycles. The second-order valence-electron chi connectivity index (χ2n) is 9.52. The molecule has 1 unspecified atom stereocenters. The number of phenols is 1. The number of halogens is 1. The minimum atomic E-state index is -4.38. The molecule has 43 heavy (non-hydrogen) atoms. The summed E-state index contributed by atoms with van der Waals surface area (Å²) in [6.07, 6.45) is -0.108. The molecule has 0 aliphatic carbocycles. The quantitative estimate of drug-likeness (QED) is 0.143. The number of urea groups is 1. The monoisotopic (exact) mass is 621 g/mol. The van der Waals surface area contributed by atoms with Crippen LogP contribution in [0.4, 0.5) is 9.18 Å². The molecule has 0 aromatic heterocycles. The number of carbonyl (C=O) groups is 5. The Balaban J connectivity index is 1.62. The van der Waals surface area contributed by atoms with E-state index < -0.39 is 76.2 Å². The van der Waals surface area contributed by atoms with Crippen LogP contribution in [0.1, 0.15) is 27.5 Å². The van der Waals surface area contributed by atoms with Gasteiger partial charge in [-0.25, -0.2) is 27.5 Å². The molecule has 1 saturated heterocycles. The number of nitrogens with one attached hydrogen (secondary N) is 2. The number of hydrogen-bond donors (Lipinski definition) is 6. The van der Waals surface area contributed by atoms with Crippen molar-refractivity contribution >= 4 is 46.9 Å². The molecular weight excluding hydrogens is 596 g/mol. The topological polar surface area (TPSA) is 246 Å². The summed E-state index contributed by atoms with van der Waals surface area (Å²) in [5.41, 5.74) is -0.0745. The van der Waals surface area contributed by atoms with Gasteiger partial charge in [-0.3, -0.25) is 19.3 Å². The Morgan fingerprint density at radius 1 is 1.16 bits per heavy atom. The summed E-state index contributed by atoms with van der Waals surface area (Å²) >= 11 is 0. The van der Waals surface area contributed by atoms with Crippen molar-refractivity contribution in [3.05, 3.63) is 53.1 Å². The van der Waals surface area contributed by atoms with Crippen molar-refractivity contribution in [2.75, 3.05) is 26.3 Å². The number of aromatic carboxylic acids is 1. The third-order valence-corrected chi connectivity index (χ3v) is 7.70. The van der Waals surface area contributed by atoms with Gasteiger partial charge in [0.1, 0.15) is 29.1 Å². The molecule has 228 valence electrons. The van der Waals surface area contributed by atoms with Gasteiger partial charge in [-0.1, -0.05) is 18.2 Å². The highest BCUT2D eigenvalue weighted by Gasteiger charge is 2.41. The van der Waals surface area contributed by atoms with Crippen molar-refractivity contribution in [2.45, 2.75) is 23.3 Å². The van der Waals surface area contributed by atoms with Crippen molar-refractivity contribution in [2.24, 2.45) is 5.14 Å². The van der Waals surface area contributed by atoms with Gasteiger partial charge in [-0.15, -0.1) is 0 Å². The lowest BCUT2D eigenvalue weighted by atomic mass is 9.72. The molecule has 2 aliphatic heterocycles. The fourth-order valence-electron chi connectivity index (χ4n) is 4.62. The van der Waals surface area contributed by atoms with E-state index in [0.29, 0.717) is 10.5 Å². The van der Waals surface area contributed by atoms with Gasteiger partial charge in [0, 0.05) is 19.6 Å². The molecule has 2 aliphatic rings. The zero-order chi connectivity index (χ0) is 31.6. The van der Waals surface area contributed by atoms with Crippen LogP contribution in [0.5, 0.6) is 11.5 Å². The van der Waals surface area contributed by atoms with Crippen LogP contribution >= 0.6 is 0 Å². The highest BCUT2D eigenvalue weighted by molar-refractivity contribution is 7.89. The largest absolute Gasteiger partial charge is 0.547 e. The maximum absolute atomic E-state index is 13.5. The van der Waals surface area contributed by atoms with E-state index in [1.54, 1.807) is 0 Å². The number of carboxylic acids is 1. The number of benzene rings is 2. The Morgan fingerprint density at radius 2 is 1.88 bits per heavy atom. The number of para-hydroxylation sites is 1. The number of nitrogens with zero attached hydrogens (tertiary/aromatic N) is 2. The lowest BCUT2D eigenvalue weighted by Crippen LogP contribution is -2.60. The molecule has 7 N–H and O–H groups in total. The Kier molecular flexibility index (Phi) is 8.88. The third kappa shape index (κ3) is 6.52. The number of nitrogens with two attached hydrogens (primary N) is 1. The fraction of sp³-hybridized carbons (Fsp3) is 0.292. The Hall–Kier alpha value is -4.75. The van der Waals surface area contributed by atoms with Gasteiger partial charge < -0.3 is 35.4 Å². The van der Waals surface area contributed by atoms with Crippen molar-refractivity contribution in [1.29, 1.82) is 0 Å². The summed E-state index contributed by atoms with van der Waals surface area (Å²) in [5.74, 6) is -6.92. The van der Waals surface area contributed by atoms with Crippen molar-refractivity contribution in [3.63, 3.8) is 0 Å². The van der Waals surface area contributed by atoms with Crippen molar-refractivity contribution in [1.82, 2.24) is 20.4 Å². The first kappa shape index (κ1) is 31.2. The normalized spacial score (nSPS) is 17.6. The maximum Gasteiger partial charge on any atom is 0.547 e. The van der Waals surface area contributed by atoms with Crippen LogP contribution in [-0.2, 0) is 30.8 Å². The second-order valence-corrected chi connectivity index (χ2v) is 11.0. The Bertz CT molecular complexity index is 1610. The van der Waals surface area contributed by atoms with Crippen LogP contribution in [0.2, 0.25) is 0 Å². The molecule has 5 amide bonds. The first-order valence-corrected chi connectivity index (χ1v) is 14.1. The number of piperazine rings is 1. The van der Waals surface area contributed by atoms with Crippen LogP contribution < -0.4 is 20.4 Å². The highest BCUT2D eigenvalue weighted by atomic mass is 32.2. The van der Waals surface area contributed by atoms with E-state index in [0.717, 1.165) is 23.1 Å². The smallest absolute Gasteiger partial charge is 0.534 e. The first-order chi connectivity index (χ1) is 20.2. The van der Waals surface area contributed by atoms with Gasteiger partial charge in [0.2, 0.25) is 15.9 Å². The highest BCUT2D eigenvalue weighted by Crippen LogP contribution is 2.31. The van der Waals surface area contributed by atoms with E-state index in [2.05, 4.69) is 10.6 Å². The lowest BCUT2D eigenvalue weighted by molar-refractivity contribution is -0.153. The SMILES string of the molecule is NS(=O)(=O)c1ccc(C(NC(=O)N2CCN(CCF)C(=O)C2=O)C(=O)N[C@H]2Cc3cccc(C(=O)O)c3OB2O)cc1O. The number of aromatic hydroxyl groups is 1. The minimum absolute atomic E-state index is 0.101. The van der Waals surface area contributed by atoms with Gasteiger partial charge in [-0.05, 0) is 35.7 Å². The predicted molar refractivity (Wildman–Crippen MR) is 143 cm³/mol. The van der Waals surface area contributed by atoms with E-state index in [9.17, 15) is 52.0 Å². The third-order valence-electron chi connectivity index (χ3n) is 6.74. The summed E-state index contributed by atoms with van der Waals surface area (Å²) in [6.45, 7) is -1.78. The number of amides is 5. The molecule has 0 radical (unpaired) electrons. The zero-order valence-corrected chi connectivity index (χ0v) is 22.9. The van der Waals surface area contributed by atoms with Gasteiger partial charge in [0.25, 0.3) is 0 Å². The van der Waals surface area contributed by atoms with E-state index in [-0.39, 0.29) is 42.9 Å². The average molecular weight is 621 g/mol. The molecule has 0 saturated carbocycles. The van der Waals surface area contributed by atoms with Gasteiger partial charge >= 0.3 is 30.9 Å². The molecule has 2 heterocycles. The number of hydrogen-bond acceptors (Lipinski definition) is 10. The predicted octanol–water partition coefficient (Wildman–Crippen LogP) is -1.73.